The molecular formula is C12H19NO2. The molecule has 0 radical (unpaired) electrons. The van der Waals surface area contributed by atoms with Crippen LogP contribution in [-0.4, -0.2) is 26.9 Å². The molecule has 84 valence electrons. The fourth-order valence-electron chi connectivity index (χ4n) is 1.32. The summed E-state index contributed by atoms with van der Waals surface area (Å²) in [6.07, 6.45) is 0. The van der Waals surface area contributed by atoms with E-state index in [-0.39, 0.29) is 0 Å². The molecule has 0 atom stereocenters. The predicted octanol–water partition coefficient (Wildman–Crippen LogP) is 1.82. The van der Waals surface area contributed by atoms with Gasteiger partial charge in [-0.1, -0.05) is 12.1 Å². The number of hydrogen-bond donors (Lipinski definition) is 1. The van der Waals surface area contributed by atoms with Crippen molar-refractivity contribution in [2.45, 2.75) is 13.5 Å². The van der Waals surface area contributed by atoms with Gasteiger partial charge in [0.15, 0.2) is 0 Å². The normalized spacial score (nSPS) is 10.3. The Morgan fingerprint density at radius 1 is 1.33 bits per heavy atom. The van der Waals surface area contributed by atoms with E-state index in [0.29, 0.717) is 6.61 Å². The van der Waals surface area contributed by atoms with Crippen molar-refractivity contribution < 1.29 is 9.47 Å². The third-order valence-corrected chi connectivity index (χ3v) is 2.02. The Balaban J connectivity index is 2.36. The zero-order valence-electron chi connectivity index (χ0n) is 9.45. The lowest BCUT2D eigenvalue weighted by Gasteiger charge is -2.07. The Kier molecular flexibility index (Phi) is 5.81. The second-order valence-electron chi connectivity index (χ2n) is 3.25. The van der Waals surface area contributed by atoms with Crippen LogP contribution in [0.25, 0.3) is 0 Å². The van der Waals surface area contributed by atoms with Crippen LogP contribution < -0.4 is 10.1 Å². The van der Waals surface area contributed by atoms with E-state index in [9.17, 15) is 0 Å². The van der Waals surface area contributed by atoms with E-state index in [1.54, 1.807) is 7.11 Å². The van der Waals surface area contributed by atoms with Crippen molar-refractivity contribution in [1.29, 1.82) is 0 Å². The Labute approximate surface area is 91.4 Å². The third kappa shape index (κ3) is 4.81. The number of benzene rings is 1. The molecule has 0 fully saturated rings. The van der Waals surface area contributed by atoms with Crippen LogP contribution in [0.4, 0.5) is 0 Å². The van der Waals surface area contributed by atoms with Gasteiger partial charge in [0.2, 0.25) is 0 Å². The van der Waals surface area contributed by atoms with E-state index in [1.807, 2.05) is 19.1 Å². The maximum absolute atomic E-state index is 5.42. The zero-order chi connectivity index (χ0) is 10.9. The van der Waals surface area contributed by atoms with Gasteiger partial charge in [0, 0.05) is 20.2 Å². The number of methoxy groups -OCH3 is 1. The van der Waals surface area contributed by atoms with Crippen molar-refractivity contribution in [3.63, 3.8) is 0 Å². The summed E-state index contributed by atoms with van der Waals surface area (Å²) in [7, 11) is 1.71. The minimum absolute atomic E-state index is 0.709. The molecule has 1 aromatic carbocycles. The summed E-state index contributed by atoms with van der Waals surface area (Å²) in [4.78, 5) is 0. The van der Waals surface area contributed by atoms with E-state index in [2.05, 4.69) is 17.4 Å². The first-order chi connectivity index (χ1) is 7.36. The monoisotopic (exact) mass is 209 g/mol. The van der Waals surface area contributed by atoms with Crippen molar-refractivity contribution in [3.8, 4) is 5.75 Å². The number of ether oxygens (including phenoxy) is 2. The van der Waals surface area contributed by atoms with Crippen LogP contribution in [0.5, 0.6) is 5.75 Å². The molecule has 3 heteroatoms. The largest absolute Gasteiger partial charge is 0.494 e. The predicted molar refractivity (Wildman–Crippen MR) is 61.2 cm³/mol. The molecule has 0 aliphatic heterocycles. The molecule has 1 aromatic rings. The van der Waals surface area contributed by atoms with Crippen molar-refractivity contribution in [2.75, 3.05) is 26.9 Å². The van der Waals surface area contributed by atoms with Crippen LogP contribution in [0.15, 0.2) is 24.3 Å². The fourth-order valence-corrected chi connectivity index (χ4v) is 1.32. The summed E-state index contributed by atoms with van der Waals surface area (Å²) in [5.74, 6) is 0.934. The molecule has 0 aromatic heterocycles. The Morgan fingerprint density at radius 2 is 2.20 bits per heavy atom. The quantitative estimate of drug-likeness (QED) is 0.695. The molecule has 0 unspecified atom stereocenters. The molecule has 0 saturated carbocycles. The maximum atomic E-state index is 5.42. The molecule has 1 N–H and O–H groups in total. The number of hydrogen-bond acceptors (Lipinski definition) is 3. The van der Waals surface area contributed by atoms with Gasteiger partial charge < -0.3 is 14.8 Å². The molecule has 0 heterocycles. The van der Waals surface area contributed by atoms with Crippen molar-refractivity contribution in [2.24, 2.45) is 0 Å². The standard InChI is InChI=1S/C12H19NO2/c1-3-15-12-6-4-5-11(9-12)10-13-7-8-14-2/h4-6,9,13H,3,7-8,10H2,1-2H3. The number of nitrogens with one attached hydrogen (secondary N) is 1. The maximum Gasteiger partial charge on any atom is 0.119 e. The molecule has 15 heavy (non-hydrogen) atoms. The van der Waals surface area contributed by atoms with Gasteiger partial charge in [0.05, 0.1) is 13.2 Å². The second kappa shape index (κ2) is 7.26. The van der Waals surface area contributed by atoms with Gasteiger partial charge in [-0.15, -0.1) is 0 Å². The summed E-state index contributed by atoms with van der Waals surface area (Å²) >= 11 is 0. The minimum Gasteiger partial charge on any atom is -0.494 e. The van der Waals surface area contributed by atoms with Crippen LogP contribution in [-0.2, 0) is 11.3 Å². The zero-order valence-corrected chi connectivity index (χ0v) is 9.45. The molecule has 0 aliphatic carbocycles. The van der Waals surface area contributed by atoms with E-state index in [1.165, 1.54) is 5.56 Å². The molecular weight excluding hydrogens is 190 g/mol. The van der Waals surface area contributed by atoms with Crippen LogP contribution in [0.1, 0.15) is 12.5 Å². The summed E-state index contributed by atoms with van der Waals surface area (Å²) < 4.78 is 10.4. The average Bonchev–Trinajstić information content (AvgIpc) is 2.26. The smallest absolute Gasteiger partial charge is 0.119 e. The number of rotatable bonds is 7. The lowest BCUT2D eigenvalue weighted by Crippen LogP contribution is -2.18. The van der Waals surface area contributed by atoms with Gasteiger partial charge in [0.1, 0.15) is 5.75 Å². The SMILES string of the molecule is CCOc1cccc(CNCCOC)c1. The third-order valence-electron chi connectivity index (χ3n) is 2.02. The van der Waals surface area contributed by atoms with Crippen LogP contribution in [0.2, 0.25) is 0 Å². The fraction of sp³-hybridized carbons (Fsp3) is 0.500. The van der Waals surface area contributed by atoms with Gasteiger partial charge in [-0.3, -0.25) is 0 Å². The lowest BCUT2D eigenvalue weighted by atomic mass is 10.2. The van der Waals surface area contributed by atoms with Crippen molar-refractivity contribution in [1.82, 2.24) is 5.32 Å². The molecule has 0 amide bonds. The first kappa shape index (κ1) is 12.0. The van der Waals surface area contributed by atoms with Crippen LogP contribution in [0.3, 0.4) is 0 Å². The average molecular weight is 209 g/mol. The Hall–Kier alpha value is -1.06. The Morgan fingerprint density at radius 3 is 2.93 bits per heavy atom. The first-order valence-electron chi connectivity index (χ1n) is 5.28. The van der Waals surface area contributed by atoms with Gasteiger partial charge in [-0.25, -0.2) is 0 Å². The van der Waals surface area contributed by atoms with E-state index < -0.39 is 0 Å². The topological polar surface area (TPSA) is 30.5 Å². The van der Waals surface area contributed by atoms with Gasteiger partial charge >= 0.3 is 0 Å². The van der Waals surface area contributed by atoms with E-state index in [4.69, 9.17) is 9.47 Å². The van der Waals surface area contributed by atoms with Crippen LogP contribution >= 0.6 is 0 Å². The highest BCUT2D eigenvalue weighted by Crippen LogP contribution is 2.12. The summed E-state index contributed by atoms with van der Waals surface area (Å²) in [6.45, 7) is 5.16. The van der Waals surface area contributed by atoms with E-state index in [0.717, 1.165) is 25.4 Å². The highest BCUT2D eigenvalue weighted by Gasteiger charge is 1.95. The van der Waals surface area contributed by atoms with Crippen molar-refractivity contribution >= 4 is 0 Å². The Bertz CT molecular complexity index is 276. The van der Waals surface area contributed by atoms with Gasteiger partial charge in [0.25, 0.3) is 0 Å². The minimum atomic E-state index is 0.709. The highest BCUT2D eigenvalue weighted by molar-refractivity contribution is 5.28. The molecule has 3 nitrogen and oxygen atoms in total. The molecule has 0 aliphatic rings. The van der Waals surface area contributed by atoms with Crippen molar-refractivity contribution in [3.05, 3.63) is 29.8 Å². The molecule has 0 saturated heterocycles. The van der Waals surface area contributed by atoms with Crippen LogP contribution in [0, 0.1) is 0 Å². The molecule has 1 rings (SSSR count). The molecule has 0 spiro atoms. The summed E-state index contributed by atoms with van der Waals surface area (Å²) in [5.41, 5.74) is 1.23. The second-order valence-corrected chi connectivity index (χ2v) is 3.25. The summed E-state index contributed by atoms with van der Waals surface area (Å²) in [6, 6.07) is 8.13. The van der Waals surface area contributed by atoms with Gasteiger partial charge in [-0.2, -0.15) is 0 Å². The lowest BCUT2D eigenvalue weighted by molar-refractivity contribution is 0.199. The highest BCUT2D eigenvalue weighted by atomic mass is 16.5. The first-order valence-corrected chi connectivity index (χ1v) is 5.28. The summed E-state index contributed by atoms with van der Waals surface area (Å²) in [5, 5.41) is 3.29. The molecule has 0 bridgehead atoms. The van der Waals surface area contributed by atoms with Gasteiger partial charge in [-0.05, 0) is 24.6 Å². The van der Waals surface area contributed by atoms with E-state index >= 15 is 0 Å².